The van der Waals surface area contributed by atoms with Gasteiger partial charge in [-0.25, -0.2) is 9.97 Å². The van der Waals surface area contributed by atoms with E-state index in [1.54, 1.807) is 11.1 Å². The van der Waals surface area contributed by atoms with Crippen molar-refractivity contribution in [2.24, 2.45) is 0 Å². The number of anilines is 3. The zero-order valence-corrected chi connectivity index (χ0v) is 16.3. The average Bonchev–Trinajstić information content (AvgIpc) is 3.21. The number of hydrogen-bond donors (Lipinski definition) is 0. The van der Waals surface area contributed by atoms with Crippen LogP contribution in [0, 0.1) is 13.8 Å². The van der Waals surface area contributed by atoms with Crippen molar-refractivity contribution in [2.75, 3.05) is 9.80 Å². The van der Waals surface area contributed by atoms with Crippen LogP contribution in [0.25, 0.3) is 22.1 Å². The first kappa shape index (κ1) is 13.2. The zero-order valence-electron chi connectivity index (χ0n) is 20.3. The molecule has 1 aromatic carbocycles. The summed E-state index contributed by atoms with van der Waals surface area (Å²) in [5, 5.41) is 1.86. The van der Waals surface area contributed by atoms with Crippen molar-refractivity contribution in [2.45, 2.75) is 46.7 Å². The summed E-state index contributed by atoms with van der Waals surface area (Å²) in [5.41, 5.74) is 4.65. The Balaban J connectivity index is 1.79. The van der Waals surface area contributed by atoms with Gasteiger partial charge in [0, 0.05) is 32.8 Å². The molecule has 0 amide bonds. The van der Waals surface area contributed by atoms with E-state index in [9.17, 15) is 0 Å². The Bertz CT molecular complexity index is 1360. The summed E-state index contributed by atoms with van der Waals surface area (Å²) in [6, 6.07) is 9.86. The molecule has 0 bridgehead atoms. The lowest BCUT2D eigenvalue weighted by molar-refractivity contribution is 0.597. The van der Waals surface area contributed by atoms with Gasteiger partial charge in [0.15, 0.2) is 11.4 Å². The second-order valence-corrected chi connectivity index (χ2v) is 7.32. The third-order valence-electron chi connectivity index (χ3n) is 5.43. The largest absolute Gasteiger partial charge is 0.435 e. The van der Waals surface area contributed by atoms with Gasteiger partial charge in [0.2, 0.25) is 5.71 Å². The van der Waals surface area contributed by atoms with Gasteiger partial charge in [0.25, 0.3) is 0 Å². The summed E-state index contributed by atoms with van der Waals surface area (Å²) < 4.78 is 39.0. The Labute approximate surface area is 170 Å². The minimum absolute atomic E-state index is 0.468. The first-order valence-electron chi connectivity index (χ1n) is 11.4. The fraction of sp³-hybridized carbons (Fsp3) is 0.304. The number of pyridine rings is 2. The SMILES string of the molecule is [2H]C([2H])([2H])C([2H])(C)N1c2ncccc2N(c2c(C)ccc3c2oc2nc(C)ccc23)[C@H]1C. The lowest BCUT2D eigenvalue weighted by Gasteiger charge is -2.33. The molecule has 28 heavy (non-hydrogen) atoms. The van der Waals surface area contributed by atoms with Crippen molar-refractivity contribution in [3.63, 3.8) is 0 Å². The van der Waals surface area contributed by atoms with Gasteiger partial charge in [-0.2, -0.15) is 0 Å². The maximum Gasteiger partial charge on any atom is 0.227 e. The van der Waals surface area contributed by atoms with Crippen LogP contribution in [0.15, 0.2) is 47.0 Å². The molecule has 0 N–H and O–H groups in total. The van der Waals surface area contributed by atoms with Crippen molar-refractivity contribution in [3.05, 3.63) is 53.9 Å². The second-order valence-electron chi connectivity index (χ2n) is 7.32. The fourth-order valence-corrected chi connectivity index (χ4v) is 4.20. The summed E-state index contributed by atoms with van der Waals surface area (Å²) in [6.07, 6.45) is 1.15. The van der Waals surface area contributed by atoms with Crippen molar-refractivity contribution < 1.29 is 9.90 Å². The van der Waals surface area contributed by atoms with Crippen LogP contribution in [0.3, 0.4) is 0 Å². The Morgan fingerprint density at radius 1 is 1.18 bits per heavy atom. The Kier molecular flexibility index (Phi) is 2.80. The van der Waals surface area contributed by atoms with Gasteiger partial charge in [-0.15, -0.1) is 0 Å². The van der Waals surface area contributed by atoms with Crippen LogP contribution >= 0.6 is 0 Å². The van der Waals surface area contributed by atoms with Gasteiger partial charge in [0.1, 0.15) is 6.17 Å². The van der Waals surface area contributed by atoms with Crippen LogP contribution in [0.1, 0.15) is 37.4 Å². The number of fused-ring (bicyclic) bond motifs is 4. The summed E-state index contributed by atoms with van der Waals surface area (Å²) in [5.74, 6) is 0.468. The molecule has 1 aliphatic heterocycles. The van der Waals surface area contributed by atoms with Gasteiger partial charge in [0.05, 0.1) is 12.7 Å². The lowest BCUT2D eigenvalue weighted by atomic mass is 10.1. The summed E-state index contributed by atoms with van der Waals surface area (Å²) in [4.78, 5) is 12.6. The van der Waals surface area contributed by atoms with E-state index in [1.807, 2.05) is 62.1 Å². The summed E-state index contributed by atoms with van der Waals surface area (Å²) in [7, 11) is 0. The topological polar surface area (TPSA) is 45.4 Å². The van der Waals surface area contributed by atoms with Gasteiger partial charge in [-0.1, -0.05) is 12.1 Å². The third-order valence-corrected chi connectivity index (χ3v) is 5.43. The molecule has 5 nitrogen and oxygen atoms in total. The molecule has 3 aromatic heterocycles. The van der Waals surface area contributed by atoms with E-state index in [4.69, 9.17) is 9.90 Å². The normalized spacial score (nSPS) is 21.2. The summed E-state index contributed by atoms with van der Waals surface area (Å²) >= 11 is 0. The minimum Gasteiger partial charge on any atom is -0.435 e. The maximum absolute atomic E-state index is 8.78. The number of aromatic nitrogens is 2. The molecule has 0 saturated heterocycles. The molecule has 1 unspecified atom stereocenters. The van der Waals surface area contributed by atoms with E-state index >= 15 is 0 Å². The van der Waals surface area contributed by atoms with Crippen LogP contribution in [0.2, 0.25) is 0 Å². The molecule has 1 aliphatic rings. The highest BCUT2D eigenvalue weighted by Crippen LogP contribution is 2.47. The third kappa shape index (κ3) is 2.25. The second kappa shape index (κ2) is 5.96. The van der Waals surface area contributed by atoms with E-state index < -0.39 is 19.0 Å². The molecule has 0 saturated carbocycles. The molecular weight excluding hydrogens is 348 g/mol. The molecule has 142 valence electrons. The minimum atomic E-state index is -2.53. The van der Waals surface area contributed by atoms with Crippen molar-refractivity contribution in [3.8, 4) is 0 Å². The smallest absolute Gasteiger partial charge is 0.227 e. The van der Waals surface area contributed by atoms with E-state index in [0.717, 1.165) is 33.4 Å². The number of benzene rings is 1. The number of nitrogens with zero attached hydrogens (tertiary/aromatic N) is 4. The van der Waals surface area contributed by atoms with Crippen LogP contribution in [-0.2, 0) is 0 Å². The van der Waals surface area contributed by atoms with Crippen LogP contribution in [0.4, 0.5) is 17.2 Å². The van der Waals surface area contributed by atoms with Gasteiger partial charge >= 0.3 is 0 Å². The van der Waals surface area contributed by atoms with Gasteiger partial charge < -0.3 is 14.2 Å². The lowest BCUT2D eigenvalue weighted by Crippen LogP contribution is -2.42. The predicted molar refractivity (Wildman–Crippen MR) is 114 cm³/mol. The molecule has 0 spiro atoms. The zero-order chi connectivity index (χ0) is 23.0. The first-order valence-corrected chi connectivity index (χ1v) is 9.35. The van der Waals surface area contributed by atoms with E-state index in [1.165, 1.54) is 6.92 Å². The van der Waals surface area contributed by atoms with Crippen molar-refractivity contribution in [1.82, 2.24) is 9.97 Å². The number of furan rings is 1. The molecular formula is C23H24N4O. The molecule has 5 heteroatoms. The van der Waals surface area contributed by atoms with E-state index in [-0.39, 0.29) is 0 Å². The Morgan fingerprint density at radius 3 is 2.82 bits per heavy atom. The monoisotopic (exact) mass is 376 g/mol. The first-order chi connectivity index (χ1) is 15.0. The molecule has 0 fully saturated rings. The molecule has 0 radical (unpaired) electrons. The molecule has 0 aliphatic carbocycles. The predicted octanol–water partition coefficient (Wildman–Crippen LogP) is 5.71. The Hall–Kier alpha value is -3.08. The van der Waals surface area contributed by atoms with E-state index in [0.29, 0.717) is 17.1 Å². The highest BCUT2D eigenvalue weighted by Gasteiger charge is 2.38. The molecule has 4 aromatic rings. The molecule has 5 rings (SSSR count). The number of rotatable bonds is 2. The standard InChI is InChI=1S/C23H24N4O/c1-13(2)26-16(5)27(19-7-6-12-24-22(19)26)20-14(3)8-10-17-18-11-9-15(4)25-23(18)28-21(17)20/h6-13,16H,1-5H3/t16-/m0/s1/i1D3,13D/t13?,16-. The van der Waals surface area contributed by atoms with Crippen molar-refractivity contribution >= 4 is 39.3 Å². The van der Waals surface area contributed by atoms with Crippen LogP contribution in [-0.4, -0.2) is 22.2 Å². The quantitative estimate of drug-likeness (QED) is 0.449. The highest BCUT2D eigenvalue weighted by molar-refractivity contribution is 6.09. The van der Waals surface area contributed by atoms with Crippen molar-refractivity contribution in [1.29, 1.82) is 0 Å². The highest BCUT2D eigenvalue weighted by atomic mass is 16.3. The maximum atomic E-state index is 8.78. The fourth-order valence-electron chi connectivity index (χ4n) is 4.20. The molecule has 2 atom stereocenters. The molecule has 4 heterocycles. The average molecular weight is 376 g/mol. The summed E-state index contributed by atoms with van der Waals surface area (Å²) in [6.45, 7) is 4.69. The van der Waals surface area contributed by atoms with Gasteiger partial charge in [-0.05, 0) is 64.4 Å². The Morgan fingerprint density at radius 2 is 2.00 bits per heavy atom. The number of hydrogen-bond acceptors (Lipinski definition) is 5. The van der Waals surface area contributed by atoms with Crippen LogP contribution in [0.5, 0.6) is 0 Å². The number of aryl methyl sites for hydroxylation is 2. The van der Waals surface area contributed by atoms with E-state index in [2.05, 4.69) is 9.97 Å². The van der Waals surface area contributed by atoms with Crippen LogP contribution < -0.4 is 9.80 Å². The van der Waals surface area contributed by atoms with Gasteiger partial charge in [-0.3, -0.25) is 0 Å².